The van der Waals surface area contributed by atoms with E-state index >= 15 is 0 Å². The van der Waals surface area contributed by atoms with Crippen LogP contribution < -0.4 is 31.9 Å². The summed E-state index contributed by atoms with van der Waals surface area (Å²) in [5.41, 5.74) is 0.548. The molecule has 1 aliphatic carbocycles. The topological polar surface area (TPSA) is 111 Å². The zero-order valence-electron chi connectivity index (χ0n) is 24.2. The van der Waals surface area contributed by atoms with Crippen molar-refractivity contribution in [1.82, 2.24) is 30.9 Å². The molecule has 37 heavy (non-hydrogen) atoms. The van der Waals surface area contributed by atoms with E-state index in [1.165, 1.54) is 12.8 Å². The highest BCUT2D eigenvalue weighted by molar-refractivity contribution is 5.45. The maximum atomic E-state index is 4.92. The molecule has 5 aliphatic heterocycles. The van der Waals surface area contributed by atoms with Crippen LogP contribution >= 0.6 is 0 Å². The molecule has 6 N–H and O–H groups in total. The molecule has 206 valence electrons. The number of nitrogens with one attached hydrogen (secondary N) is 6. The standard InChI is InChI=1S/C28H49N9/c1-23(2)9-17(10-24(3,4)35-23)29-20-32-21-30-18-11-25(5,6)36-27(13-18)15-28(16-27)14-19(12-26(7,8)37-28)31-22(33-20)34-21/h17-19,35-37H,9-16H2,1-8H3,(H3,29,30,31,32,33,34). The molecule has 3 saturated heterocycles. The Hall–Kier alpha value is -1.71. The van der Waals surface area contributed by atoms with E-state index in [4.69, 9.17) is 15.0 Å². The van der Waals surface area contributed by atoms with E-state index in [1.807, 2.05) is 0 Å². The van der Waals surface area contributed by atoms with Gasteiger partial charge in [-0.1, -0.05) is 0 Å². The Morgan fingerprint density at radius 1 is 0.568 bits per heavy atom. The van der Waals surface area contributed by atoms with Crippen molar-refractivity contribution in [2.24, 2.45) is 0 Å². The van der Waals surface area contributed by atoms with Gasteiger partial charge in [0.05, 0.1) is 0 Å². The Balaban J connectivity index is 1.33. The second-order valence-corrected chi connectivity index (χ2v) is 15.9. The van der Waals surface area contributed by atoms with Gasteiger partial charge in [0.1, 0.15) is 0 Å². The third kappa shape index (κ3) is 5.28. The van der Waals surface area contributed by atoms with Gasteiger partial charge in [0.15, 0.2) is 0 Å². The van der Waals surface area contributed by atoms with Gasteiger partial charge in [0.25, 0.3) is 0 Å². The molecule has 0 aromatic carbocycles. The molecule has 6 aliphatic rings. The van der Waals surface area contributed by atoms with Crippen LogP contribution in [-0.2, 0) is 0 Å². The van der Waals surface area contributed by atoms with E-state index < -0.39 is 0 Å². The van der Waals surface area contributed by atoms with E-state index in [0.717, 1.165) is 38.5 Å². The monoisotopic (exact) mass is 511 g/mol. The van der Waals surface area contributed by atoms with Crippen LogP contribution in [0.1, 0.15) is 107 Å². The number of hydrogen-bond donors (Lipinski definition) is 6. The lowest BCUT2D eigenvalue weighted by atomic mass is 9.53. The lowest BCUT2D eigenvalue weighted by Crippen LogP contribution is -2.79. The zero-order valence-corrected chi connectivity index (χ0v) is 24.2. The van der Waals surface area contributed by atoms with Crippen LogP contribution in [0.4, 0.5) is 17.8 Å². The first kappa shape index (κ1) is 25.6. The second-order valence-electron chi connectivity index (χ2n) is 15.9. The second kappa shape index (κ2) is 7.92. The first-order valence-electron chi connectivity index (χ1n) is 14.4. The number of piperidine rings is 3. The van der Waals surface area contributed by atoms with Crippen LogP contribution in [0.15, 0.2) is 0 Å². The van der Waals surface area contributed by atoms with Gasteiger partial charge in [0.2, 0.25) is 17.8 Å². The van der Waals surface area contributed by atoms with Gasteiger partial charge >= 0.3 is 0 Å². The molecule has 2 atom stereocenters. The average molecular weight is 512 g/mol. The van der Waals surface area contributed by atoms with Gasteiger partial charge in [-0.25, -0.2) is 0 Å². The highest BCUT2D eigenvalue weighted by Crippen LogP contribution is 2.53. The number of aromatic nitrogens is 3. The molecule has 6 heterocycles. The molecule has 2 spiro atoms. The third-order valence-electron chi connectivity index (χ3n) is 9.17. The molecule has 9 heteroatoms. The normalized spacial score (nSPS) is 39.0. The van der Waals surface area contributed by atoms with E-state index in [2.05, 4.69) is 87.3 Å². The average Bonchev–Trinajstić information content (AvgIpc) is 2.60. The van der Waals surface area contributed by atoms with E-state index in [0.29, 0.717) is 36.0 Å². The van der Waals surface area contributed by atoms with Crippen molar-refractivity contribution in [3.05, 3.63) is 0 Å². The molecule has 0 amide bonds. The first-order chi connectivity index (χ1) is 17.0. The number of hydrogen-bond acceptors (Lipinski definition) is 9. The molecule has 9 nitrogen and oxygen atoms in total. The smallest absolute Gasteiger partial charge is 0.229 e. The van der Waals surface area contributed by atoms with Crippen molar-refractivity contribution in [1.29, 1.82) is 0 Å². The van der Waals surface area contributed by atoms with E-state index in [-0.39, 0.29) is 33.2 Å². The molecule has 0 radical (unpaired) electrons. The van der Waals surface area contributed by atoms with Crippen molar-refractivity contribution in [3.8, 4) is 0 Å². The summed E-state index contributed by atoms with van der Waals surface area (Å²) >= 11 is 0. The van der Waals surface area contributed by atoms with Crippen LogP contribution in [-0.4, -0.2) is 66.3 Å². The summed E-state index contributed by atoms with van der Waals surface area (Å²) in [4.78, 5) is 14.7. The number of anilines is 3. The molecule has 1 aromatic heterocycles. The van der Waals surface area contributed by atoms with Crippen molar-refractivity contribution in [3.63, 3.8) is 0 Å². The fraction of sp³-hybridized carbons (Fsp3) is 0.893. The Bertz CT molecular complexity index is 980. The van der Waals surface area contributed by atoms with Crippen LogP contribution in [0.25, 0.3) is 0 Å². The van der Waals surface area contributed by atoms with E-state index in [1.54, 1.807) is 0 Å². The molecule has 4 fully saturated rings. The summed E-state index contributed by atoms with van der Waals surface area (Å²) in [5, 5.41) is 23.1. The summed E-state index contributed by atoms with van der Waals surface area (Å²) in [5.74, 6) is 2.04. The largest absolute Gasteiger partial charge is 0.351 e. The predicted molar refractivity (Wildman–Crippen MR) is 150 cm³/mol. The van der Waals surface area contributed by atoms with Gasteiger partial charge < -0.3 is 31.9 Å². The van der Waals surface area contributed by atoms with Crippen molar-refractivity contribution >= 4 is 17.8 Å². The van der Waals surface area contributed by atoms with Crippen molar-refractivity contribution in [2.45, 2.75) is 158 Å². The van der Waals surface area contributed by atoms with Crippen LogP contribution in [0.5, 0.6) is 0 Å². The maximum Gasteiger partial charge on any atom is 0.229 e. The highest BCUT2D eigenvalue weighted by Gasteiger charge is 2.61. The SMILES string of the molecule is CC1(C)CC(Nc2nc3nc(n2)NC2CC(C)(C)NC4(C2)CC2(CC(CC(C)(C)N2)N3)C4)CC(C)(C)N1. The minimum atomic E-state index is 0.0522. The summed E-state index contributed by atoms with van der Waals surface area (Å²) in [6.07, 6.45) is 8.64. The van der Waals surface area contributed by atoms with Gasteiger partial charge in [-0.05, 0) is 107 Å². The lowest BCUT2D eigenvalue weighted by molar-refractivity contribution is -0.0477. The van der Waals surface area contributed by atoms with Crippen LogP contribution in [0.3, 0.4) is 0 Å². The van der Waals surface area contributed by atoms with Crippen LogP contribution in [0.2, 0.25) is 0 Å². The van der Waals surface area contributed by atoms with Gasteiger partial charge in [-0.3, -0.25) is 0 Å². The predicted octanol–water partition coefficient (Wildman–Crippen LogP) is 3.76. The third-order valence-corrected chi connectivity index (χ3v) is 9.17. The quantitative estimate of drug-likeness (QED) is 0.353. The molecular formula is C28H49N9. The van der Waals surface area contributed by atoms with Gasteiger partial charge in [-0.15, -0.1) is 0 Å². The Labute approximate surface area is 222 Å². The maximum absolute atomic E-state index is 4.92. The molecule has 6 bridgehead atoms. The summed E-state index contributed by atoms with van der Waals surface area (Å²) in [6.45, 7) is 18.5. The van der Waals surface area contributed by atoms with Crippen LogP contribution in [0, 0.1) is 0 Å². The fourth-order valence-corrected chi connectivity index (χ4v) is 9.41. The van der Waals surface area contributed by atoms with Gasteiger partial charge in [-0.2, -0.15) is 15.0 Å². The first-order valence-corrected chi connectivity index (χ1v) is 14.4. The minimum absolute atomic E-state index is 0.0522. The zero-order chi connectivity index (χ0) is 26.5. The summed E-state index contributed by atoms with van der Waals surface area (Å²) < 4.78 is 0. The summed E-state index contributed by atoms with van der Waals surface area (Å²) in [7, 11) is 0. The van der Waals surface area contributed by atoms with Gasteiger partial charge in [0, 0.05) is 51.4 Å². The van der Waals surface area contributed by atoms with Crippen molar-refractivity contribution in [2.75, 3.05) is 16.0 Å². The lowest BCUT2D eigenvalue weighted by Gasteiger charge is -2.66. The Morgan fingerprint density at radius 3 is 1.46 bits per heavy atom. The molecular weight excluding hydrogens is 462 g/mol. The molecule has 1 saturated carbocycles. The number of nitrogens with zero attached hydrogens (tertiary/aromatic N) is 3. The fourth-order valence-electron chi connectivity index (χ4n) is 9.41. The molecule has 1 aromatic rings. The van der Waals surface area contributed by atoms with Crippen molar-refractivity contribution < 1.29 is 0 Å². The molecule has 2 unspecified atom stereocenters. The Morgan fingerprint density at radius 2 is 1.00 bits per heavy atom. The summed E-state index contributed by atoms with van der Waals surface area (Å²) in [6, 6.07) is 0.934. The highest BCUT2D eigenvalue weighted by atomic mass is 15.3. The Kier molecular flexibility index (Phi) is 5.47. The molecule has 7 rings (SSSR count). The van der Waals surface area contributed by atoms with E-state index in [9.17, 15) is 0 Å². The number of rotatable bonds is 2. The minimum Gasteiger partial charge on any atom is -0.351 e.